The molecule has 0 spiro atoms. The van der Waals surface area contributed by atoms with Crippen molar-refractivity contribution < 1.29 is 19.0 Å². The van der Waals surface area contributed by atoms with Crippen LogP contribution in [0.25, 0.3) is 10.4 Å². The van der Waals surface area contributed by atoms with Gasteiger partial charge in [-0.25, -0.2) is 4.79 Å². The first-order valence-electron chi connectivity index (χ1n) is 9.21. The van der Waals surface area contributed by atoms with Crippen molar-refractivity contribution in [1.82, 2.24) is 0 Å². The van der Waals surface area contributed by atoms with E-state index in [9.17, 15) is 14.5 Å². The van der Waals surface area contributed by atoms with Crippen LogP contribution in [0.1, 0.15) is 36.9 Å². The molecule has 8 heteroatoms. The Morgan fingerprint density at radius 3 is 2.55 bits per heavy atom. The van der Waals surface area contributed by atoms with E-state index < -0.39 is 13.5 Å². The maximum absolute atomic E-state index is 13.8. The third-order valence-electron chi connectivity index (χ3n) is 4.02. The lowest BCUT2D eigenvalue weighted by Gasteiger charge is -2.25. The van der Waals surface area contributed by atoms with E-state index in [-0.39, 0.29) is 23.1 Å². The molecule has 156 valence electrons. The van der Waals surface area contributed by atoms with Gasteiger partial charge in [0.05, 0.1) is 12.3 Å². The van der Waals surface area contributed by atoms with Crippen LogP contribution in [0.3, 0.4) is 0 Å². The summed E-state index contributed by atoms with van der Waals surface area (Å²) in [4.78, 5) is 12.6. The minimum Gasteiger partial charge on any atom is -0.477 e. The fourth-order valence-electron chi connectivity index (χ4n) is 2.69. The molecular weight excluding hydrogens is 429 g/mol. The molecule has 1 unspecified atom stereocenters. The molecule has 2 N–H and O–H groups in total. The van der Waals surface area contributed by atoms with Crippen LogP contribution in [0.15, 0.2) is 54.4 Å². The van der Waals surface area contributed by atoms with Crippen LogP contribution in [0.5, 0.6) is 0 Å². The molecule has 1 heterocycles. The van der Waals surface area contributed by atoms with Crippen LogP contribution in [0.2, 0.25) is 5.02 Å². The smallest absolute Gasteiger partial charge is 0.348 e. The molecule has 5 nitrogen and oxygen atoms in total. The molecule has 2 rings (SSSR count). The van der Waals surface area contributed by atoms with Gasteiger partial charge < -0.3 is 14.7 Å². The zero-order chi connectivity index (χ0) is 21.6. The van der Waals surface area contributed by atoms with Crippen LogP contribution in [0, 0.1) is 5.92 Å². The zero-order valence-electron chi connectivity index (χ0n) is 16.6. The monoisotopic (exact) mass is 453 g/mol. The van der Waals surface area contributed by atoms with Crippen molar-refractivity contribution in [2.24, 2.45) is 5.92 Å². The highest BCUT2D eigenvalue weighted by molar-refractivity contribution is 7.65. The highest BCUT2D eigenvalue weighted by atomic mass is 35.5. The van der Waals surface area contributed by atoms with Gasteiger partial charge in [-0.1, -0.05) is 63.2 Å². The Bertz CT molecular complexity index is 950. The summed E-state index contributed by atoms with van der Waals surface area (Å²) in [5.74, 6) is -1.18. The minimum atomic E-state index is -3.53. The number of allylic oxidation sites excluding steroid dienone is 3. The topological polar surface area (TPSA) is 75.6 Å². The van der Waals surface area contributed by atoms with Crippen LogP contribution in [0.4, 0.5) is 5.69 Å². The van der Waals surface area contributed by atoms with Crippen molar-refractivity contribution in [3.8, 4) is 10.4 Å². The number of carboxylic acid groups (broad SMARTS) is 1. The van der Waals surface area contributed by atoms with Crippen molar-refractivity contribution in [3.63, 3.8) is 0 Å². The summed E-state index contributed by atoms with van der Waals surface area (Å²) in [6.07, 6.45) is 3.90. The number of carbonyl (C=O) groups is 1. The molecule has 1 aromatic carbocycles. The van der Waals surface area contributed by atoms with Crippen molar-refractivity contribution in [2.75, 3.05) is 11.7 Å². The summed E-state index contributed by atoms with van der Waals surface area (Å²) in [6, 6.07) is 8.79. The SMILES string of the molecule is C=C/C=C(\C(C)C)P(=O)(Nc1cc(-c2ccc(Cl)cc2)sc1C(=O)O)OCCC. The standard InChI is InChI=1S/C21H25ClNO4PS/c1-5-7-18(14(3)4)28(26,27-12-6-2)23-17-13-19(29-20(17)21(24)25)15-8-10-16(22)11-9-15/h5,7-11,13-14H,1,6,12H2,2-4H3,(H,23,26)(H,24,25)/b18-7+. The van der Waals surface area contributed by atoms with Gasteiger partial charge >= 0.3 is 13.5 Å². The summed E-state index contributed by atoms with van der Waals surface area (Å²) >= 11 is 7.05. The van der Waals surface area contributed by atoms with Gasteiger partial charge in [0.15, 0.2) is 0 Å². The van der Waals surface area contributed by atoms with E-state index in [2.05, 4.69) is 11.7 Å². The molecule has 0 aliphatic carbocycles. The first-order chi connectivity index (χ1) is 13.7. The lowest BCUT2D eigenvalue weighted by Crippen LogP contribution is -2.10. The predicted molar refractivity (Wildman–Crippen MR) is 122 cm³/mol. The molecule has 0 radical (unpaired) electrons. The molecule has 0 amide bonds. The Morgan fingerprint density at radius 2 is 2.03 bits per heavy atom. The Hall–Kier alpha value is -1.85. The van der Waals surface area contributed by atoms with Crippen LogP contribution < -0.4 is 5.09 Å². The molecule has 0 aliphatic heterocycles. The summed E-state index contributed by atoms with van der Waals surface area (Å²) in [5.41, 5.74) is 1.09. The Balaban J connectivity index is 2.53. The summed E-state index contributed by atoms with van der Waals surface area (Å²) in [6.45, 7) is 9.71. The second kappa shape index (κ2) is 10.3. The van der Waals surface area contributed by atoms with Gasteiger partial charge in [0.1, 0.15) is 4.88 Å². The number of aromatic carboxylic acids is 1. The number of halogens is 1. The minimum absolute atomic E-state index is 0.0667. The quantitative estimate of drug-likeness (QED) is 0.287. The van der Waals surface area contributed by atoms with E-state index >= 15 is 0 Å². The maximum atomic E-state index is 13.8. The van der Waals surface area contributed by atoms with E-state index in [1.165, 1.54) is 0 Å². The second-order valence-electron chi connectivity index (χ2n) is 6.64. The number of rotatable bonds is 10. The van der Waals surface area contributed by atoms with E-state index in [1.807, 2.05) is 32.9 Å². The average Bonchev–Trinajstić information content (AvgIpc) is 3.08. The molecule has 0 saturated carbocycles. The number of anilines is 1. The van der Waals surface area contributed by atoms with E-state index in [0.717, 1.165) is 21.8 Å². The van der Waals surface area contributed by atoms with Gasteiger partial charge in [0, 0.05) is 15.2 Å². The molecule has 29 heavy (non-hydrogen) atoms. The largest absolute Gasteiger partial charge is 0.477 e. The van der Waals surface area contributed by atoms with Gasteiger partial charge in [-0.05, 0) is 36.1 Å². The van der Waals surface area contributed by atoms with E-state index in [1.54, 1.807) is 30.4 Å². The molecule has 0 aliphatic rings. The van der Waals surface area contributed by atoms with Crippen molar-refractivity contribution >= 4 is 42.1 Å². The number of nitrogens with one attached hydrogen (secondary N) is 1. The lowest BCUT2D eigenvalue weighted by molar-refractivity contribution is 0.0703. The van der Waals surface area contributed by atoms with Crippen LogP contribution in [-0.4, -0.2) is 17.7 Å². The lowest BCUT2D eigenvalue weighted by atomic mass is 10.2. The Morgan fingerprint density at radius 1 is 1.38 bits per heavy atom. The summed E-state index contributed by atoms with van der Waals surface area (Å²) in [7, 11) is -3.53. The molecule has 2 aromatic rings. The maximum Gasteiger partial charge on any atom is 0.348 e. The molecule has 1 atom stereocenters. The Labute approximate surface area is 180 Å². The van der Waals surface area contributed by atoms with Crippen molar-refractivity contribution in [2.45, 2.75) is 27.2 Å². The molecular formula is C21H25ClNO4PS. The third-order valence-corrected chi connectivity index (χ3v) is 7.87. The second-order valence-corrected chi connectivity index (χ2v) is 10.2. The fraction of sp³-hybridized carbons (Fsp3) is 0.286. The normalized spacial score (nSPS) is 13.9. The predicted octanol–water partition coefficient (Wildman–Crippen LogP) is 7.52. The first kappa shape index (κ1) is 23.4. The van der Waals surface area contributed by atoms with Crippen LogP contribution >= 0.6 is 30.5 Å². The number of hydrogen-bond acceptors (Lipinski definition) is 4. The highest BCUT2D eigenvalue weighted by Gasteiger charge is 2.32. The van der Waals surface area contributed by atoms with Crippen molar-refractivity contribution in [1.29, 1.82) is 0 Å². The number of thiophene rings is 1. The van der Waals surface area contributed by atoms with E-state index in [0.29, 0.717) is 16.8 Å². The van der Waals surface area contributed by atoms with Gasteiger partial charge in [-0.2, -0.15) is 0 Å². The zero-order valence-corrected chi connectivity index (χ0v) is 19.1. The molecule has 0 bridgehead atoms. The van der Waals surface area contributed by atoms with Crippen LogP contribution in [-0.2, 0) is 9.09 Å². The van der Waals surface area contributed by atoms with Gasteiger partial charge in [0.25, 0.3) is 0 Å². The number of benzene rings is 1. The Kier molecular flexibility index (Phi) is 8.29. The average molecular weight is 454 g/mol. The third kappa shape index (κ3) is 5.83. The van der Waals surface area contributed by atoms with E-state index in [4.69, 9.17) is 16.1 Å². The van der Waals surface area contributed by atoms with Gasteiger partial charge in [-0.15, -0.1) is 11.3 Å². The fourth-order valence-corrected chi connectivity index (χ4v) is 6.11. The highest BCUT2D eigenvalue weighted by Crippen LogP contribution is 2.58. The van der Waals surface area contributed by atoms with Gasteiger partial charge in [-0.3, -0.25) is 4.57 Å². The number of carboxylic acids is 1. The molecule has 0 saturated heterocycles. The first-order valence-corrected chi connectivity index (χ1v) is 12.0. The van der Waals surface area contributed by atoms with Gasteiger partial charge in [0.2, 0.25) is 0 Å². The summed E-state index contributed by atoms with van der Waals surface area (Å²) in [5, 5.41) is 13.8. The molecule has 0 fully saturated rings. The number of hydrogen-bond donors (Lipinski definition) is 2. The van der Waals surface area contributed by atoms with Crippen molar-refractivity contribution in [3.05, 3.63) is 64.3 Å². The molecule has 1 aromatic heterocycles. The summed E-state index contributed by atoms with van der Waals surface area (Å²) < 4.78 is 19.5.